The molecule has 10 heteroatoms. The predicted octanol–water partition coefficient (Wildman–Crippen LogP) is 3.31. The van der Waals surface area contributed by atoms with E-state index in [1.54, 1.807) is 11.3 Å². The smallest absolute Gasteiger partial charge is 0.177 e. The number of imidazole rings is 1. The van der Waals surface area contributed by atoms with Gasteiger partial charge in [0.05, 0.1) is 10.2 Å². The number of aliphatic hydroxyl groups is 1. The number of benzene rings is 1. The number of nitrogen functional groups attached to an aromatic ring is 1. The molecule has 0 saturated heterocycles. The van der Waals surface area contributed by atoms with E-state index in [-0.39, 0.29) is 6.61 Å². The lowest BCUT2D eigenvalue weighted by atomic mass is 10.3. The van der Waals surface area contributed by atoms with E-state index in [2.05, 4.69) is 35.9 Å². The largest absolute Gasteiger partial charge is 0.396 e. The summed E-state index contributed by atoms with van der Waals surface area (Å²) in [5.41, 5.74) is 8.13. The number of nitrogens with zero attached hydrogens (tertiary/aromatic N) is 5. The Labute approximate surface area is 159 Å². The third-order valence-corrected chi connectivity index (χ3v) is 6.67. The first-order chi connectivity index (χ1) is 12.2. The molecule has 0 fully saturated rings. The first-order valence-corrected chi connectivity index (χ1v) is 9.90. The van der Waals surface area contributed by atoms with Gasteiger partial charge in [0, 0.05) is 17.6 Å². The molecule has 3 N–H and O–H groups in total. The maximum Gasteiger partial charge on any atom is 0.177 e. The number of fused-ring (bicyclic) bond motifs is 2. The Kier molecular flexibility index (Phi) is 4.59. The lowest BCUT2D eigenvalue weighted by Gasteiger charge is -2.05. The molecule has 0 amide bonds. The maximum atomic E-state index is 9.18. The number of hydrogen-bond donors (Lipinski definition) is 2. The highest BCUT2D eigenvalue weighted by molar-refractivity contribution is 9.10. The Morgan fingerprint density at radius 3 is 2.96 bits per heavy atom. The van der Waals surface area contributed by atoms with Gasteiger partial charge in [-0.1, -0.05) is 6.07 Å². The highest BCUT2D eigenvalue weighted by Crippen LogP contribution is 2.38. The standard InChI is InChI=1S/C15H13BrN6OS2/c16-8-3-1-4-9-11(8)24-15(20-9)25-14-21-10-12(17)18-7-19-13(10)22(14)5-2-6-23/h1,3-4,7,23H,2,5-6H2,(H2,17,18,19). The second kappa shape index (κ2) is 6.87. The van der Waals surface area contributed by atoms with E-state index < -0.39 is 0 Å². The molecule has 1 aromatic carbocycles. The molecule has 0 unspecified atom stereocenters. The summed E-state index contributed by atoms with van der Waals surface area (Å²) in [6.07, 6.45) is 2.03. The van der Waals surface area contributed by atoms with Crippen molar-refractivity contribution in [1.82, 2.24) is 24.5 Å². The first kappa shape index (κ1) is 16.7. The molecular formula is C15H13BrN6OS2. The Balaban J connectivity index is 1.79. The van der Waals surface area contributed by atoms with Gasteiger partial charge in [0.1, 0.15) is 6.33 Å². The second-order valence-corrected chi connectivity index (χ2v) is 8.29. The number of hydrogen-bond acceptors (Lipinski definition) is 8. The predicted molar refractivity (Wildman–Crippen MR) is 103 cm³/mol. The van der Waals surface area contributed by atoms with Crippen LogP contribution in [0.2, 0.25) is 0 Å². The van der Waals surface area contributed by atoms with Gasteiger partial charge in [-0.15, -0.1) is 11.3 Å². The lowest BCUT2D eigenvalue weighted by molar-refractivity contribution is 0.278. The van der Waals surface area contributed by atoms with Gasteiger partial charge in [0.2, 0.25) is 0 Å². The summed E-state index contributed by atoms with van der Waals surface area (Å²) >= 11 is 6.63. The molecule has 0 atom stereocenters. The molecule has 0 aliphatic carbocycles. The van der Waals surface area contributed by atoms with Crippen molar-refractivity contribution in [3.05, 3.63) is 29.0 Å². The van der Waals surface area contributed by atoms with Crippen molar-refractivity contribution in [2.75, 3.05) is 12.3 Å². The van der Waals surface area contributed by atoms with Crippen molar-refractivity contribution >= 4 is 66.2 Å². The number of rotatable bonds is 5. The van der Waals surface area contributed by atoms with Gasteiger partial charge in [0.25, 0.3) is 0 Å². The minimum atomic E-state index is 0.0957. The normalized spacial score (nSPS) is 11.6. The van der Waals surface area contributed by atoms with Crippen molar-refractivity contribution in [3.8, 4) is 0 Å². The van der Waals surface area contributed by atoms with E-state index in [0.29, 0.717) is 29.9 Å². The van der Waals surface area contributed by atoms with E-state index in [1.165, 1.54) is 18.1 Å². The van der Waals surface area contributed by atoms with Crippen molar-refractivity contribution in [2.45, 2.75) is 22.5 Å². The van der Waals surface area contributed by atoms with Crippen LogP contribution in [0.1, 0.15) is 6.42 Å². The van der Waals surface area contributed by atoms with Crippen molar-refractivity contribution in [3.63, 3.8) is 0 Å². The molecule has 0 radical (unpaired) electrons. The number of anilines is 1. The van der Waals surface area contributed by atoms with Gasteiger partial charge >= 0.3 is 0 Å². The van der Waals surface area contributed by atoms with E-state index in [4.69, 9.17) is 5.73 Å². The molecule has 0 aliphatic rings. The second-order valence-electron chi connectivity index (χ2n) is 5.22. The van der Waals surface area contributed by atoms with Crippen LogP contribution in [-0.2, 0) is 6.54 Å². The zero-order valence-corrected chi connectivity index (χ0v) is 16.1. The van der Waals surface area contributed by atoms with Gasteiger partial charge in [-0.25, -0.2) is 19.9 Å². The van der Waals surface area contributed by atoms with Gasteiger partial charge < -0.3 is 15.4 Å². The molecule has 0 bridgehead atoms. The Hall–Kier alpha value is -1.75. The molecule has 25 heavy (non-hydrogen) atoms. The molecule has 0 spiro atoms. The monoisotopic (exact) mass is 436 g/mol. The van der Waals surface area contributed by atoms with Crippen molar-refractivity contribution < 1.29 is 5.11 Å². The van der Waals surface area contributed by atoms with Crippen LogP contribution in [0.3, 0.4) is 0 Å². The van der Waals surface area contributed by atoms with Gasteiger partial charge in [-0.05, 0) is 46.2 Å². The zero-order chi connectivity index (χ0) is 17.4. The number of aromatic nitrogens is 5. The molecule has 7 nitrogen and oxygen atoms in total. The first-order valence-electron chi connectivity index (χ1n) is 7.48. The number of thiazole rings is 1. The van der Waals surface area contributed by atoms with E-state index in [1.807, 2.05) is 22.8 Å². The molecule has 3 heterocycles. The minimum Gasteiger partial charge on any atom is -0.396 e. The maximum absolute atomic E-state index is 9.18. The number of aryl methyl sites for hydroxylation is 1. The number of aliphatic hydroxyl groups excluding tert-OH is 1. The van der Waals surface area contributed by atoms with Gasteiger partial charge in [-0.2, -0.15) is 0 Å². The zero-order valence-electron chi connectivity index (χ0n) is 12.9. The highest BCUT2D eigenvalue weighted by atomic mass is 79.9. The fourth-order valence-corrected chi connectivity index (χ4v) is 5.13. The van der Waals surface area contributed by atoms with Crippen LogP contribution in [0, 0.1) is 0 Å². The Bertz CT molecular complexity index is 1060. The average molecular weight is 437 g/mol. The highest BCUT2D eigenvalue weighted by Gasteiger charge is 2.17. The molecular weight excluding hydrogens is 424 g/mol. The molecule has 0 saturated carbocycles. The van der Waals surface area contributed by atoms with E-state index in [9.17, 15) is 5.11 Å². The van der Waals surface area contributed by atoms with Crippen LogP contribution in [-0.4, -0.2) is 36.2 Å². The molecule has 4 rings (SSSR count). The fourth-order valence-electron chi connectivity index (χ4n) is 2.46. The van der Waals surface area contributed by atoms with Crippen LogP contribution >= 0.6 is 39.0 Å². The van der Waals surface area contributed by atoms with E-state index >= 15 is 0 Å². The van der Waals surface area contributed by atoms with E-state index in [0.717, 1.165) is 24.2 Å². The Morgan fingerprint density at radius 1 is 1.28 bits per heavy atom. The summed E-state index contributed by atoms with van der Waals surface area (Å²) in [6.45, 7) is 0.693. The molecule has 4 aromatic rings. The van der Waals surface area contributed by atoms with Crippen LogP contribution in [0.5, 0.6) is 0 Å². The SMILES string of the molecule is Nc1ncnc2c1nc(Sc1nc3cccc(Br)c3s1)n2CCCO. The summed E-state index contributed by atoms with van der Waals surface area (Å²) in [4.78, 5) is 17.6. The fraction of sp³-hybridized carbons (Fsp3) is 0.200. The quantitative estimate of drug-likeness (QED) is 0.494. The van der Waals surface area contributed by atoms with Gasteiger partial charge in [-0.3, -0.25) is 0 Å². The number of nitrogens with two attached hydrogens (primary N) is 1. The van der Waals surface area contributed by atoms with Gasteiger partial charge in [0.15, 0.2) is 26.5 Å². The van der Waals surface area contributed by atoms with Crippen LogP contribution in [0.15, 0.2) is 38.5 Å². The topological polar surface area (TPSA) is 103 Å². The molecule has 128 valence electrons. The summed E-state index contributed by atoms with van der Waals surface area (Å²) in [7, 11) is 0. The van der Waals surface area contributed by atoms with Crippen LogP contribution in [0.25, 0.3) is 21.4 Å². The van der Waals surface area contributed by atoms with Crippen LogP contribution < -0.4 is 5.73 Å². The summed E-state index contributed by atoms with van der Waals surface area (Å²) in [5.74, 6) is 0.349. The van der Waals surface area contributed by atoms with Crippen LogP contribution in [0.4, 0.5) is 5.82 Å². The van der Waals surface area contributed by atoms with Crippen molar-refractivity contribution in [1.29, 1.82) is 0 Å². The summed E-state index contributed by atoms with van der Waals surface area (Å²) in [6, 6.07) is 5.95. The third-order valence-electron chi connectivity index (χ3n) is 3.59. The molecule has 3 aromatic heterocycles. The third kappa shape index (κ3) is 3.10. The summed E-state index contributed by atoms with van der Waals surface area (Å²) in [5, 5.41) is 9.93. The average Bonchev–Trinajstić information content (AvgIpc) is 3.16. The molecule has 0 aliphatic heterocycles. The minimum absolute atomic E-state index is 0.0957. The lowest BCUT2D eigenvalue weighted by Crippen LogP contribution is -2.03. The summed E-state index contributed by atoms with van der Waals surface area (Å²) < 4.78 is 4.96. The Morgan fingerprint density at radius 2 is 2.16 bits per heavy atom. The van der Waals surface area contributed by atoms with Crippen molar-refractivity contribution in [2.24, 2.45) is 0 Å². The number of halogens is 1.